The van der Waals surface area contributed by atoms with Crippen LogP contribution in [0.2, 0.25) is 0 Å². The van der Waals surface area contributed by atoms with Gasteiger partial charge in [-0.25, -0.2) is 9.37 Å². The molecule has 6 nitrogen and oxygen atoms in total. The number of rotatable bonds is 4. The van der Waals surface area contributed by atoms with Crippen molar-refractivity contribution in [2.24, 2.45) is 5.73 Å². The summed E-state index contributed by atoms with van der Waals surface area (Å²) in [5.41, 5.74) is 5.98. The third-order valence-electron chi connectivity index (χ3n) is 2.70. The van der Waals surface area contributed by atoms with E-state index in [4.69, 9.17) is 10.5 Å². The first-order valence-electron chi connectivity index (χ1n) is 5.92. The van der Waals surface area contributed by atoms with Crippen molar-refractivity contribution in [1.29, 1.82) is 0 Å². The largest absolute Gasteiger partial charge is 0.431 e. The van der Waals surface area contributed by atoms with Gasteiger partial charge in [-0.15, -0.1) is 0 Å². The third-order valence-corrected chi connectivity index (χ3v) is 3.30. The molecular formula is C13H11BrFN3O3. The zero-order valence-corrected chi connectivity index (χ0v) is 12.5. The van der Waals surface area contributed by atoms with Crippen molar-refractivity contribution in [3.63, 3.8) is 0 Å². The number of hydrogen-bond acceptors (Lipinski definition) is 5. The molecule has 1 aromatic heterocycles. The molecule has 0 aliphatic rings. The maximum Gasteiger partial charge on any atom is 0.312 e. The summed E-state index contributed by atoms with van der Waals surface area (Å²) >= 11 is 2.90. The predicted molar refractivity (Wildman–Crippen MR) is 77.7 cm³/mol. The maximum absolute atomic E-state index is 13.6. The van der Waals surface area contributed by atoms with Crippen molar-refractivity contribution in [2.45, 2.75) is 13.0 Å². The van der Waals surface area contributed by atoms with Crippen molar-refractivity contribution < 1.29 is 14.1 Å². The molecule has 2 aromatic rings. The van der Waals surface area contributed by atoms with E-state index in [1.807, 2.05) is 0 Å². The summed E-state index contributed by atoms with van der Waals surface area (Å²) in [6, 6.07) is 4.95. The van der Waals surface area contributed by atoms with Gasteiger partial charge in [0.1, 0.15) is 5.82 Å². The van der Waals surface area contributed by atoms with Crippen LogP contribution in [0.25, 0.3) is 0 Å². The lowest BCUT2D eigenvalue weighted by molar-refractivity contribution is -0.385. The Hall–Kier alpha value is -2.06. The fourth-order valence-corrected chi connectivity index (χ4v) is 2.01. The van der Waals surface area contributed by atoms with E-state index >= 15 is 0 Å². The van der Waals surface area contributed by atoms with Gasteiger partial charge in [0.15, 0.2) is 0 Å². The van der Waals surface area contributed by atoms with Gasteiger partial charge in [-0.05, 0) is 28.9 Å². The minimum atomic E-state index is -0.672. The number of pyridine rings is 1. The highest BCUT2D eigenvalue weighted by atomic mass is 79.9. The number of nitro groups is 1. The third kappa shape index (κ3) is 3.34. The Morgan fingerprint density at radius 3 is 2.86 bits per heavy atom. The highest BCUT2D eigenvalue weighted by Gasteiger charge is 2.21. The summed E-state index contributed by atoms with van der Waals surface area (Å²) in [6.45, 7) is 1.72. The quantitative estimate of drug-likeness (QED) is 0.666. The van der Waals surface area contributed by atoms with E-state index in [2.05, 4.69) is 20.9 Å². The van der Waals surface area contributed by atoms with Crippen LogP contribution in [-0.4, -0.2) is 9.91 Å². The molecule has 110 valence electrons. The van der Waals surface area contributed by atoms with E-state index in [-0.39, 0.29) is 27.8 Å². The lowest BCUT2D eigenvalue weighted by Crippen LogP contribution is -2.08. The number of hydrogen-bond donors (Lipinski definition) is 1. The van der Waals surface area contributed by atoms with Gasteiger partial charge in [-0.3, -0.25) is 10.1 Å². The second kappa shape index (κ2) is 6.15. The van der Waals surface area contributed by atoms with Crippen molar-refractivity contribution in [1.82, 2.24) is 4.98 Å². The summed E-state index contributed by atoms with van der Waals surface area (Å²) in [7, 11) is 0. The Balaban J connectivity index is 2.49. The molecule has 8 heteroatoms. The average Bonchev–Trinajstić information content (AvgIpc) is 2.42. The molecule has 0 saturated heterocycles. The molecule has 1 heterocycles. The van der Waals surface area contributed by atoms with Crippen LogP contribution in [0.1, 0.15) is 18.5 Å². The molecule has 0 radical (unpaired) electrons. The number of benzene rings is 1. The first-order valence-corrected chi connectivity index (χ1v) is 6.71. The van der Waals surface area contributed by atoms with Crippen LogP contribution in [0.4, 0.5) is 10.1 Å². The standard InChI is InChI=1S/C13H11BrFN3O3/c1-7(16)8-3-2-4-17-13(8)21-12-6-10(15)9(14)5-11(12)18(19)20/h2-7H,16H2,1H3/t7-/m1/s1. The van der Waals surface area contributed by atoms with Crippen LogP contribution in [0.15, 0.2) is 34.9 Å². The maximum atomic E-state index is 13.6. The van der Waals surface area contributed by atoms with Crippen LogP contribution < -0.4 is 10.5 Å². The second-order valence-corrected chi connectivity index (χ2v) is 5.13. The van der Waals surface area contributed by atoms with E-state index in [0.29, 0.717) is 5.56 Å². The number of nitro benzene ring substituents is 1. The zero-order chi connectivity index (χ0) is 15.6. The summed E-state index contributed by atoms with van der Waals surface area (Å²) in [6.07, 6.45) is 1.46. The van der Waals surface area contributed by atoms with Crippen molar-refractivity contribution in [2.75, 3.05) is 0 Å². The zero-order valence-electron chi connectivity index (χ0n) is 10.9. The smallest absolute Gasteiger partial charge is 0.312 e. The monoisotopic (exact) mass is 355 g/mol. The van der Waals surface area contributed by atoms with Crippen LogP contribution in [-0.2, 0) is 0 Å². The van der Waals surface area contributed by atoms with Crippen LogP contribution >= 0.6 is 15.9 Å². The van der Waals surface area contributed by atoms with Gasteiger partial charge in [0.05, 0.1) is 9.40 Å². The fourth-order valence-electron chi connectivity index (χ4n) is 1.68. The van der Waals surface area contributed by atoms with Gasteiger partial charge < -0.3 is 10.5 Å². The van der Waals surface area contributed by atoms with Gasteiger partial charge in [-0.2, -0.15) is 0 Å². The van der Waals surface area contributed by atoms with Crippen molar-refractivity contribution in [3.8, 4) is 11.6 Å². The molecule has 0 fully saturated rings. The molecule has 0 bridgehead atoms. The van der Waals surface area contributed by atoms with Crippen LogP contribution in [0.5, 0.6) is 11.6 Å². The molecule has 0 amide bonds. The average molecular weight is 356 g/mol. The normalized spacial score (nSPS) is 12.0. The lowest BCUT2D eigenvalue weighted by atomic mass is 10.1. The Morgan fingerprint density at radius 2 is 2.24 bits per heavy atom. The molecule has 21 heavy (non-hydrogen) atoms. The van der Waals surface area contributed by atoms with Crippen molar-refractivity contribution >= 4 is 21.6 Å². The molecule has 1 aromatic carbocycles. The molecule has 0 saturated carbocycles. The Kier molecular flexibility index (Phi) is 4.49. The number of nitrogens with zero attached hydrogens (tertiary/aromatic N) is 2. The number of aromatic nitrogens is 1. The van der Waals surface area contributed by atoms with Gasteiger partial charge in [0.2, 0.25) is 11.6 Å². The van der Waals surface area contributed by atoms with Gasteiger partial charge in [-0.1, -0.05) is 6.07 Å². The first-order chi connectivity index (χ1) is 9.90. The van der Waals surface area contributed by atoms with Crippen LogP contribution in [0.3, 0.4) is 0 Å². The fraction of sp³-hybridized carbons (Fsp3) is 0.154. The summed E-state index contributed by atoms with van der Waals surface area (Å²) < 4.78 is 19.0. The molecule has 0 spiro atoms. The topological polar surface area (TPSA) is 91.3 Å². The number of ether oxygens (including phenoxy) is 1. The van der Waals surface area contributed by atoms with Gasteiger partial charge in [0, 0.05) is 29.9 Å². The highest BCUT2D eigenvalue weighted by Crippen LogP contribution is 2.36. The van der Waals surface area contributed by atoms with E-state index < -0.39 is 10.7 Å². The van der Waals surface area contributed by atoms with E-state index in [1.54, 1.807) is 19.1 Å². The lowest BCUT2D eigenvalue weighted by Gasteiger charge is -2.12. The van der Waals surface area contributed by atoms with Gasteiger partial charge >= 0.3 is 5.69 Å². The highest BCUT2D eigenvalue weighted by molar-refractivity contribution is 9.10. The van der Waals surface area contributed by atoms with Crippen molar-refractivity contribution in [3.05, 3.63) is 56.4 Å². The summed E-state index contributed by atoms with van der Waals surface area (Å²) in [5.74, 6) is -0.799. The molecule has 0 unspecified atom stereocenters. The minimum Gasteiger partial charge on any atom is -0.431 e. The number of nitrogens with two attached hydrogens (primary N) is 1. The Morgan fingerprint density at radius 1 is 1.52 bits per heavy atom. The Bertz CT molecular complexity index is 694. The van der Waals surface area contributed by atoms with Gasteiger partial charge in [0.25, 0.3) is 0 Å². The van der Waals surface area contributed by atoms with E-state index in [1.165, 1.54) is 6.20 Å². The minimum absolute atomic E-state index is 0.0185. The second-order valence-electron chi connectivity index (χ2n) is 4.28. The Labute approximate surface area is 128 Å². The molecular weight excluding hydrogens is 345 g/mol. The first kappa shape index (κ1) is 15.3. The molecule has 0 aliphatic carbocycles. The summed E-state index contributed by atoms with van der Waals surface area (Å²) in [5, 5.41) is 11.0. The molecule has 2 rings (SSSR count). The number of halogens is 2. The molecule has 0 aliphatic heterocycles. The molecule has 1 atom stereocenters. The SMILES string of the molecule is C[C@@H](N)c1cccnc1Oc1cc(F)c(Br)cc1[N+](=O)[O-]. The van der Waals surface area contributed by atoms with E-state index in [9.17, 15) is 14.5 Å². The predicted octanol–water partition coefficient (Wildman–Crippen LogP) is 3.70. The van der Waals surface area contributed by atoms with E-state index in [0.717, 1.165) is 12.1 Å². The van der Waals surface area contributed by atoms with Crippen LogP contribution in [0, 0.1) is 15.9 Å². The molecule has 2 N–H and O–H groups in total. The summed E-state index contributed by atoms with van der Waals surface area (Å²) in [4.78, 5) is 14.4.